The van der Waals surface area contributed by atoms with Crippen LogP contribution in [-0.4, -0.2) is 12.4 Å². The maximum atomic E-state index is 13.7. The number of hydrogen-bond acceptors (Lipinski definition) is 1. The number of benzene rings is 1. The number of nitriles is 1. The zero-order chi connectivity index (χ0) is 15.1. The standard InChI is InChI=1S/C11H6F7N/c1-6-4-7(5-19)2-3-8(6)9(12,10(13,14)15)11(16,17)18/h2-4H,1H3. The van der Waals surface area contributed by atoms with E-state index in [2.05, 4.69) is 0 Å². The molecule has 0 N–H and O–H groups in total. The summed E-state index contributed by atoms with van der Waals surface area (Å²) in [6.07, 6.45) is -12.3. The van der Waals surface area contributed by atoms with E-state index in [9.17, 15) is 30.7 Å². The van der Waals surface area contributed by atoms with Crippen molar-refractivity contribution in [2.24, 2.45) is 0 Å². The molecule has 0 bridgehead atoms. The minimum absolute atomic E-state index is 0.159. The van der Waals surface area contributed by atoms with Crippen LogP contribution in [0, 0.1) is 18.3 Å². The van der Waals surface area contributed by atoms with Gasteiger partial charge < -0.3 is 0 Å². The molecule has 0 unspecified atom stereocenters. The van der Waals surface area contributed by atoms with Crippen LogP contribution < -0.4 is 0 Å². The second-order valence-electron chi connectivity index (χ2n) is 3.80. The molecule has 0 aromatic heterocycles. The quantitative estimate of drug-likeness (QED) is 0.711. The van der Waals surface area contributed by atoms with Gasteiger partial charge in [0.1, 0.15) is 0 Å². The van der Waals surface area contributed by atoms with E-state index in [0.29, 0.717) is 12.1 Å². The lowest BCUT2D eigenvalue weighted by Gasteiger charge is -2.31. The van der Waals surface area contributed by atoms with Gasteiger partial charge in [0.15, 0.2) is 0 Å². The van der Waals surface area contributed by atoms with Gasteiger partial charge in [0.2, 0.25) is 0 Å². The molecule has 0 amide bonds. The molecule has 0 spiro atoms. The van der Waals surface area contributed by atoms with Gasteiger partial charge in [0.25, 0.3) is 0 Å². The van der Waals surface area contributed by atoms with Crippen molar-refractivity contribution in [3.8, 4) is 6.07 Å². The Morgan fingerprint density at radius 3 is 1.74 bits per heavy atom. The van der Waals surface area contributed by atoms with Gasteiger partial charge in [0.05, 0.1) is 11.6 Å². The van der Waals surface area contributed by atoms with Crippen molar-refractivity contribution in [1.29, 1.82) is 5.26 Å². The summed E-state index contributed by atoms with van der Waals surface area (Å²) < 4.78 is 88.6. The van der Waals surface area contributed by atoms with Gasteiger partial charge in [-0.2, -0.15) is 31.6 Å². The number of nitrogens with zero attached hydrogens (tertiary/aromatic N) is 1. The molecular weight excluding hydrogens is 279 g/mol. The number of alkyl halides is 7. The lowest BCUT2D eigenvalue weighted by Crippen LogP contribution is -2.50. The lowest BCUT2D eigenvalue weighted by molar-refractivity contribution is -0.348. The van der Waals surface area contributed by atoms with E-state index in [-0.39, 0.29) is 5.56 Å². The normalized spacial score (nSPS) is 13.2. The molecule has 0 aliphatic rings. The molecule has 0 aliphatic carbocycles. The molecule has 0 heterocycles. The first-order valence-corrected chi connectivity index (χ1v) is 4.78. The van der Waals surface area contributed by atoms with Crippen molar-refractivity contribution < 1.29 is 30.7 Å². The molecule has 19 heavy (non-hydrogen) atoms. The zero-order valence-corrected chi connectivity index (χ0v) is 9.33. The molecule has 0 aliphatic heterocycles. The first-order chi connectivity index (χ1) is 8.45. The van der Waals surface area contributed by atoms with E-state index >= 15 is 0 Å². The molecular formula is C11H6F7N. The molecule has 0 radical (unpaired) electrons. The predicted molar refractivity (Wildman–Crippen MR) is 50.8 cm³/mol. The third kappa shape index (κ3) is 2.37. The summed E-state index contributed by atoms with van der Waals surface area (Å²) >= 11 is 0. The molecule has 8 heteroatoms. The summed E-state index contributed by atoms with van der Waals surface area (Å²) in [5.41, 5.74) is -7.78. The van der Waals surface area contributed by atoms with Gasteiger partial charge in [0, 0.05) is 5.56 Å². The lowest BCUT2D eigenvalue weighted by atomic mass is 9.89. The number of hydrogen-bond donors (Lipinski definition) is 0. The Hall–Kier alpha value is -1.78. The summed E-state index contributed by atoms with van der Waals surface area (Å²) in [4.78, 5) is 0. The first kappa shape index (κ1) is 15.3. The summed E-state index contributed by atoms with van der Waals surface area (Å²) in [6, 6.07) is 3.33. The largest absolute Gasteiger partial charge is 0.435 e. The summed E-state index contributed by atoms with van der Waals surface area (Å²) in [6.45, 7) is 0.877. The number of aryl methyl sites for hydroxylation is 1. The minimum Gasteiger partial charge on any atom is -0.218 e. The van der Waals surface area contributed by atoms with E-state index < -0.39 is 29.1 Å². The molecule has 0 saturated heterocycles. The fourth-order valence-electron chi connectivity index (χ4n) is 1.59. The van der Waals surface area contributed by atoms with E-state index in [0.717, 1.165) is 13.0 Å². The Balaban J connectivity index is 3.58. The highest BCUT2D eigenvalue weighted by atomic mass is 19.4. The molecule has 0 saturated carbocycles. The monoisotopic (exact) mass is 285 g/mol. The minimum atomic E-state index is -6.15. The topological polar surface area (TPSA) is 23.8 Å². The van der Waals surface area contributed by atoms with E-state index in [4.69, 9.17) is 5.26 Å². The highest BCUT2D eigenvalue weighted by Gasteiger charge is 2.73. The average molecular weight is 285 g/mol. The van der Waals surface area contributed by atoms with Crippen LogP contribution in [0.1, 0.15) is 16.7 Å². The molecule has 1 nitrogen and oxygen atoms in total. The Labute approximate surface area is 103 Å². The number of halogens is 7. The number of rotatable bonds is 1. The van der Waals surface area contributed by atoms with Gasteiger partial charge in [-0.25, -0.2) is 4.39 Å². The molecule has 1 rings (SSSR count). The second kappa shape index (κ2) is 4.40. The van der Waals surface area contributed by atoms with E-state index in [1.54, 1.807) is 0 Å². The fourth-order valence-corrected chi connectivity index (χ4v) is 1.59. The summed E-state index contributed by atoms with van der Waals surface area (Å²) in [7, 11) is 0. The molecule has 1 aromatic rings. The molecule has 1 aromatic carbocycles. The highest BCUT2D eigenvalue weighted by Crippen LogP contribution is 2.53. The molecule has 0 atom stereocenters. The predicted octanol–water partition coefficient (Wildman–Crippen LogP) is 4.16. The third-order valence-electron chi connectivity index (χ3n) is 2.51. The van der Waals surface area contributed by atoms with Crippen molar-refractivity contribution in [2.75, 3.05) is 0 Å². The van der Waals surface area contributed by atoms with Crippen LogP contribution in [0.5, 0.6) is 0 Å². The highest BCUT2D eigenvalue weighted by molar-refractivity contribution is 5.41. The van der Waals surface area contributed by atoms with E-state index in [1.807, 2.05) is 0 Å². The summed E-state index contributed by atoms with van der Waals surface area (Å²) in [5, 5.41) is 8.49. The Morgan fingerprint density at radius 1 is 0.947 bits per heavy atom. The van der Waals surface area contributed by atoms with Crippen LogP contribution in [0.3, 0.4) is 0 Å². The Morgan fingerprint density at radius 2 is 1.42 bits per heavy atom. The van der Waals surface area contributed by atoms with Crippen molar-refractivity contribution >= 4 is 0 Å². The molecule has 104 valence electrons. The van der Waals surface area contributed by atoms with Crippen molar-refractivity contribution in [3.05, 3.63) is 34.9 Å². The van der Waals surface area contributed by atoms with Gasteiger partial charge in [-0.3, -0.25) is 0 Å². The first-order valence-electron chi connectivity index (χ1n) is 4.78. The summed E-state index contributed by atoms with van der Waals surface area (Å²) in [5.74, 6) is 0. The Kier molecular flexibility index (Phi) is 3.54. The maximum Gasteiger partial charge on any atom is 0.435 e. The van der Waals surface area contributed by atoms with Crippen LogP contribution in [0.2, 0.25) is 0 Å². The van der Waals surface area contributed by atoms with Gasteiger partial charge in [-0.15, -0.1) is 0 Å². The maximum absolute atomic E-state index is 13.7. The fraction of sp³-hybridized carbons (Fsp3) is 0.364. The SMILES string of the molecule is Cc1cc(C#N)ccc1C(F)(C(F)(F)F)C(F)(F)F. The van der Waals surface area contributed by atoms with Gasteiger partial charge in [-0.05, 0) is 24.6 Å². The Bertz CT molecular complexity index is 507. The van der Waals surface area contributed by atoms with Crippen LogP contribution >= 0.6 is 0 Å². The zero-order valence-electron chi connectivity index (χ0n) is 9.33. The smallest absolute Gasteiger partial charge is 0.218 e. The van der Waals surface area contributed by atoms with Crippen LogP contribution in [0.4, 0.5) is 30.7 Å². The van der Waals surface area contributed by atoms with Crippen molar-refractivity contribution in [3.63, 3.8) is 0 Å². The van der Waals surface area contributed by atoms with Crippen LogP contribution in [0.15, 0.2) is 18.2 Å². The van der Waals surface area contributed by atoms with Crippen LogP contribution in [-0.2, 0) is 5.67 Å². The second-order valence-corrected chi connectivity index (χ2v) is 3.80. The van der Waals surface area contributed by atoms with Crippen molar-refractivity contribution in [1.82, 2.24) is 0 Å². The molecule has 0 fully saturated rings. The van der Waals surface area contributed by atoms with Gasteiger partial charge >= 0.3 is 18.0 Å². The third-order valence-corrected chi connectivity index (χ3v) is 2.51. The van der Waals surface area contributed by atoms with Gasteiger partial charge in [-0.1, -0.05) is 6.07 Å². The van der Waals surface area contributed by atoms with E-state index in [1.165, 1.54) is 6.07 Å². The van der Waals surface area contributed by atoms with Crippen molar-refractivity contribution in [2.45, 2.75) is 24.9 Å². The average Bonchev–Trinajstić information content (AvgIpc) is 2.24. The van der Waals surface area contributed by atoms with Crippen LogP contribution in [0.25, 0.3) is 0 Å².